The van der Waals surface area contributed by atoms with Crippen LogP contribution in [0.15, 0.2) is 23.5 Å². The lowest BCUT2D eigenvalue weighted by Crippen LogP contribution is -2.12. The number of rotatable bonds is 1. The highest BCUT2D eigenvalue weighted by atomic mass is 35.5. The van der Waals surface area contributed by atoms with Crippen LogP contribution in [0.4, 0.5) is 0 Å². The van der Waals surface area contributed by atoms with Gasteiger partial charge in [0.05, 0.1) is 6.33 Å². The van der Waals surface area contributed by atoms with Crippen LogP contribution in [0.1, 0.15) is 5.82 Å². The van der Waals surface area contributed by atoms with Crippen molar-refractivity contribution in [2.75, 3.05) is 0 Å². The standard InChI is InChI=1S/C8H7ClN4O/c1-5-10-2-3-13(5)7-6(9)8(14)12-4-11-7/h2-4H,1H3,(H,11,12,14). The van der Waals surface area contributed by atoms with Crippen LogP contribution >= 0.6 is 11.6 Å². The zero-order valence-electron chi connectivity index (χ0n) is 7.36. The predicted molar refractivity (Wildman–Crippen MR) is 51.7 cm³/mol. The van der Waals surface area contributed by atoms with Crippen LogP contribution in [0.25, 0.3) is 5.82 Å². The first-order valence-electron chi connectivity index (χ1n) is 3.93. The van der Waals surface area contributed by atoms with Gasteiger partial charge in [-0.25, -0.2) is 9.97 Å². The van der Waals surface area contributed by atoms with Crippen molar-refractivity contribution >= 4 is 11.6 Å². The zero-order chi connectivity index (χ0) is 10.1. The van der Waals surface area contributed by atoms with E-state index in [9.17, 15) is 4.79 Å². The Kier molecular flexibility index (Phi) is 2.09. The van der Waals surface area contributed by atoms with Crippen molar-refractivity contribution in [3.05, 3.63) is 39.9 Å². The highest BCUT2D eigenvalue weighted by Crippen LogP contribution is 2.13. The van der Waals surface area contributed by atoms with Gasteiger partial charge in [-0.2, -0.15) is 0 Å². The Morgan fingerprint density at radius 1 is 1.50 bits per heavy atom. The molecule has 0 aliphatic heterocycles. The number of aryl methyl sites for hydroxylation is 1. The molecule has 2 rings (SSSR count). The van der Waals surface area contributed by atoms with Crippen molar-refractivity contribution in [3.8, 4) is 5.82 Å². The fourth-order valence-corrected chi connectivity index (χ4v) is 1.34. The topological polar surface area (TPSA) is 63.6 Å². The molecule has 0 radical (unpaired) electrons. The van der Waals surface area contributed by atoms with Crippen molar-refractivity contribution in [2.45, 2.75) is 6.92 Å². The first-order chi connectivity index (χ1) is 6.70. The Morgan fingerprint density at radius 2 is 2.29 bits per heavy atom. The summed E-state index contributed by atoms with van der Waals surface area (Å²) in [6.45, 7) is 1.80. The number of nitrogens with zero attached hydrogens (tertiary/aromatic N) is 3. The van der Waals surface area contributed by atoms with Gasteiger partial charge in [0, 0.05) is 12.4 Å². The molecule has 0 spiro atoms. The third kappa shape index (κ3) is 1.31. The third-order valence-corrected chi connectivity index (χ3v) is 2.17. The molecule has 0 unspecified atom stereocenters. The first kappa shape index (κ1) is 8.96. The van der Waals surface area contributed by atoms with Crippen LogP contribution in [0.5, 0.6) is 0 Å². The van der Waals surface area contributed by atoms with E-state index in [4.69, 9.17) is 11.6 Å². The van der Waals surface area contributed by atoms with Crippen molar-refractivity contribution in [2.24, 2.45) is 0 Å². The van der Waals surface area contributed by atoms with E-state index in [1.807, 2.05) is 0 Å². The van der Waals surface area contributed by atoms with Gasteiger partial charge >= 0.3 is 0 Å². The first-order valence-corrected chi connectivity index (χ1v) is 4.31. The van der Waals surface area contributed by atoms with Gasteiger partial charge in [-0.15, -0.1) is 0 Å². The highest BCUT2D eigenvalue weighted by Gasteiger charge is 2.09. The van der Waals surface area contributed by atoms with Gasteiger partial charge in [0.15, 0.2) is 5.82 Å². The summed E-state index contributed by atoms with van der Waals surface area (Å²) in [7, 11) is 0. The van der Waals surface area contributed by atoms with Gasteiger partial charge in [-0.05, 0) is 6.92 Å². The van der Waals surface area contributed by atoms with Crippen LogP contribution in [-0.4, -0.2) is 19.5 Å². The number of nitrogens with one attached hydrogen (secondary N) is 1. The van der Waals surface area contributed by atoms with Crippen molar-refractivity contribution in [3.63, 3.8) is 0 Å². The average Bonchev–Trinajstić information content (AvgIpc) is 2.57. The molecule has 0 aliphatic carbocycles. The number of aromatic amines is 1. The molecule has 0 bridgehead atoms. The molecule has 5 nitrogen and oxygen atoms in total. The lowest BCUT2D eigenvalue weighted by Gasteiger charge is -2.03. The maximum absolute atomic E-state index is 11.2. The lowest BCUT2D eigenvalue weighted by molar-refractivity contribution is 0.912. The number of halogens is 1. The summed E-state index contributed by atoms with van der Waals surface area (Å²) in [6, 6.07) is 0. The molecule has 6 heteroatoms. The number of hydrogen-bond acceptors (Lipinski definition) is 3. The summed E-state index contributed by atoms with van der Waals surface area (Å²) < 4.78 is 1.65. The molecule has 2 heterocycles. The summed E-state index contributed by atoms with van der Waals surface area (Å²) in [5.41, 5.74) is -0.357. The quantitative estimate of drug-likeness (QED) is 0.761. The van der Waals surface area contributed by atoms with Crippen LogP contribution < -0.4 is 5.56 Å². The molecule has 0 saturated carbocycles. The Labute approximate surface area is 84.4 Å². The molecule has 0 fully saturated rings. The molecule has 2 aromatic rings. The molecule has 0 saturated heterocycles. The summed E-state index contributed by atoms with van der Waals surface area (Å²) in [5, 5.41) is 0.0635. The summed E-state index contributed by atoms with van der Waals surface area (Å²) in [5.74, 6) is 1.12. The average molecular weight is 211 g/mol. The third-order valence-electron chi connectivity index (χ3n) is 1.83. The Bertz CT molecular complexity index is 516. The SMILES string of the molecule is Cc1nccn1-c1nc[nH]c(=O)c1Cl. The summed E-state index contributed by atoms with van der Waals surface area (Å²) in [6.07, 6.45) is 4.63. The van der Waals surface area contributed by atoms with E-state index in [0.717, 1.165) is 5.82 Å². The minimum absolute atomic E-state index is 0.0635. The monoisotopic (exact) mass is 210 g/mol. The van der Waals surface area contributed by atoms with Crippen LogP contribution in [0.3, 0.4) is 0 Å². The number of aromatic nitrogens is 4. The van der Waals surface area contributed by atoms with Gasteiger partial charge in [-0.3, -0.25) is 9.36 Å². The normalized spacial score (nSPS) is 10.4. The van der Waals surface area contributed by atoms with Crippen molar-refractivity contribution in [1.82, 2.24) is 19.5 Å². The Hall–Kier alpha value is -1.62. The van der Waals surface area contributed by atoms with Gasteiger partial charge in [-0.1, -0.05) is 11.6 Å². The Balaban J connectivity index is 2.69. The minimum atomic E-state index is -0.357. The second kappa shape index (κ2) is 3.26. The number of H-pyrrole nitrogens is 1. The molecule has 0 amide bonds. The van der Waals surface area contributed by atoms with Crippen molar-refractivity contribution in [1.29, 1.82) is 0 Å². The Morgan fingerprint density at radius 3 is 2.93 bits per heavy atom. The van der Waals surface area contributed by atoms with E-state index in [1.165, 1.54) is 6.33 Å². The summed E-state index contributed by atoms with van der Waals surface area (Å²) >= 11 is 5.80. The second-order valence-electron chi connectivity index (χ2n) is 2.71. The molecule has 2 aromatic heterocycles. The fraction of sp³-hybridized carbons (Fsp3) is 0.125. The van der Waals surface area contributed by atoms with E-state index < -0.39 is 0 Å². The minimum Gasteiger partial charge on any atom is -0.312 e. The van der Waals surface area contributed by atoms with E-state index >= 15 is 0 Å². The van der Waals surface area contributed by atoms with Crippen LogP contribution in [0.2, 0.25) is 5.02 Å². The van der Waals surface area contributed by atoms with E-state index in [1.54, 1.807) is 23.9 Å². The maximum atomic E-state index is 11.2. The van der Waals surface area contributed by atoms with E-state index in [-0.39, 0.29) is 10.6 Å². The van der Waals surface area contributed by atoms with Crippen LogP contribution in [-0.2, 0) is 0 Å². The van der Waals surface area contributed by atoms with E-state index in [0.29, 0.717) is 5.82 Å². The molecule has 0 atom stereocenters. The number of imidazole rings is 1. The molecule has 0 aliphatic rings. The van der Waals surface area contributed by atoms with E-state index in [2.05, 4.69) is 15.0 Å². The summed E-state index contributed by atoms with van der Waals surface area (Å²) in [4.78, 5) is 21.6. The van der Waals surface area contributed by atoms with Gasteiger partial charge < -0.3 is 4.98 Å². The second-order valence-corrected chi connectivity index (χ2v) is 3.09. The molecule has 1 N–H and O–H groups in total. The highest BCUT2D eigenvalue weighted by molar-refractivity contribution is 6.31. The van der Waals surface area contributed by atoms with Crippen LogP contribution in [0, 0.1) is 6.92 Å². The molecule has 14 heavy (non-hydrogen) atoms. The molecule has 72 valence electrons. The van der Waals surface area contributed by atoms with Gasteiger partial charge in [0.2, 0.25) is 0 Å². The molecule has 0 aromatic carbocycles. The lowest BCUT2D eigenvalue weighted by atomic mass is 10.5. The maximum Gasteiger partial charge on any atom is 0.271 e. The number of hydrogen-bond donors (Lipinski definition) is 1. The smallest absolute Gasteiger partial charge is 0.271 e. The largest absolute Gasteiger partial charge is 0.312 e. The predicted octanol–water partition coefficient (Wildman–Crippen LogP) is 0.917. The van der Waals surface area contributed by atoms with Gasteiger partial charge in [0.1, 0.15) is 10.8 Å². The van der Waals surface area contributed by atoms with Crippen molar-refractivity contribution < 1.29 is 0 Å². The van der Waals surface area contributed by atoms with Gasteiger partial charge in [0.25, 0.3) is 5.56 Å². The molecular weight excluding hydrogens is 204 g/mol. The molecular formula is C8H7ClN4O. The zero-order valence-corrected chi connectivity index (χ0v) is 8.12. The fourth-order valence-electron chi connectivity index (χ4n) is 1.14.